The molecule has 19 heavy (non-hydrogen) atoms. The van der Waals surface area contributed by atoms with E-state index in [9.17, 15) is 4.79 Å². The largest absolute Gasteiger partial charge is 0.463 e. The Morgan fingerprint density at radius 1 is 1.47 bits per heavy atom. The number of rotatable bonds is 5. The second-order valence-corrected chi connectivity index (χ2v) is 4.15. The quantitative estimate of drug-likeness (QED) is 0.836. The molecule has 5 nitrogen and oxygen atoms in total. The van der Waals surface area contributed by atoms with Gasteiger partial charge in [-0.25, -0.2) is 4.79 Å². The predicted molar refractivity (Wildman–Crippen MR) is 69.5 cm³/mol. The first-order valence-electron chi connectivity index (χ1n) is 6.01. The van der Waals surface area contributed by atoms with Crippen LogP contribution in [0, 0.1) is 0 Å². The molecule has 100 valence electrons. The van der Waals surface area contributed by atoms with Crippen molar-refractivity contribution < 1.29 is 13.9 Å². The van der Waals surface area contributed by atoms with Gasteiger partial charge in [0, 0.05) is 18.4 Å². The van der Waals surface area contributed by atoms with Crippen LogP contribution in [-0.4, -0.2) is 18.1 Å². The number of methoxy groups -OCH3 is 1. The van der Waals surface area contributed by atoms with Gasteiger partial charge < -0.3 is 14.5 Å². The van der Waals surface area contributed by atoms with E-state index in [4.69, 9.17) is 4.42 Å². The molecule has 1 atom stereocenters. The average molecular weight is 260 g/mol. The molecule has 1 N–H and O–H groups in total. The van der Waals surface area contributed by atoms with Crippen LogP contribution < -0.4 is 5.32 Å². The molecule has 0 unspecified atom stereocenters. The van der Waals surface area contributed by atoms with Gasteiger partial charge in [0.05, 0.1) is 13.7 Å². The van der Waals surface area contributed by atoms with Crippen LogP contribution >= 0.6 is 0 Å². The highest BCUT2D eigenvalue weighted by Crippen LogP contribution is 2.13. The highest BCUT2D eigenvalue weighted by atomic mass is 16.5. The lowest BCUT2D eigenvalue weighted by molar-refractivity contribution is 0.0563. The maximum Gasteiger partial charge on any atom is 0.373 e. The molecule has 0 aliphatic rings. The number of carbonyl (C=O) groups excluding carboxylic acids is 1. The number of nitrogens with zero attached hydrogens (tertiary/aromatic N) is 1. The van der Waals surface area contributed by atoms with E-state index in [1.807, 2.05) is 25.3 Å². The van der Waals surface area contributed by atoms with Crippen LogP contribution in [0.1, 0.15) is 34.8 Å². The van der Waals surface area contributed by atoms with Crippen molar-refractivity contribution in [2.24, 2.45) is 0 Å². The summed E-state index contributed by atoms with van der Waals surface area (Å²) in [6.07, 6.45) is 3.56. The van der Waals surface area contributed by atoms with Crippen molar-refractivity contribution in [3.63, 3.8) is 0 Å². The lowest BCUT2D eigenvalue weighted by atomic mass is 10.1. The summed E-state index contributed by atoms with van der Waals surface area (Å²) in [5.74, 6) is 0.441. The van der Waals surface area contributed by atoms with E-state index in [-0.39, 0.29) is 11.8 Å². The van der Waals surface area contributed by atoms with Gasteiger partial charge in [-0.3, -0.25) is 4.98 Å². The van der Waals surface area contributed by atoms with Gasteiger partial charge in [-0.05, 0) is 30.7 Å². The molecule has 2 aromatic rings. The highest BCUT2D eigenvalue weighted by molar-refractivity contribution is 5.86. The molecule has 0 amide bonds. The second-order valence-electron chi connectivity index (χ2n) is 4.15. The fourth-order valence-electron chi connectivity index (χ4n) is 1.69. The fraction of sp³-hybridized carbons (Fsp3) is 0.286. The van der Waals surface area contributed by atoms with Gasteiger partial charge in [-0.15, -0.1) is 0 Å². The summed E-state index contributed by atoms with van der Waals surface area (Å²) >= 11 is 0. The molecule has 0 spiro atoms. The van der Waals surface area contributed by atoms with Gasteiger partial charge in [0.2, 0.25) is 5.76 Å². The number of esters is 1. The molecular weight excluding hydrogens is 244 g/mol. The summed E-state index contributed by atoms with van der Waals surface area (Å²) < 4.78 is 9.95. The Morgan fingerprint density at radius 2 is 2.32 bits per heavy atom. The Bertz CT molecular complexity index is 537. The van der Waals surface area contributed by atoms with Crippen molar-refractivity contribution in [3.8, 4) is 0 Å². The zero-order valence-corrected chi connectivity index (χ0v) is 10.9. The van der Waals surface area contributed by atoms with E-state index in [0.29, 0.717) is 12.3 Å². The van der Waals surface area contributed by atoms with Crippen molar-refractivity contribution in [3.05, 3.63) is 53.7 Å². The number of ether oxygens (including phenoxy) is 1. The lowest BCUT2D eigenvalue weighted by Crippen LogP contribution is -2.17. The van der Waals surface area contributed by atoms with Gasteiger partial charge in [0.25, 0.3) is 0 Å². The summed E-state index contributed by atoms with van der Waals surface area (Å²) in [6, 6.07) is 7.43. The number of furan rings is 1. The van der Waals surface area contributed by atoms with Crippen molar-refractivity contribution in [1.82, 2.24) is 10.3 Å². The first-order chi connectivity index (χ1) is 9.20. The Kier molecular flexibility index (Phi) is 4.30. The molecule has 0 fully saturated rings. The van der Waals surface area contributed by atoms with Crippen LogP contribution in [0.2, 0.25) is 0 Å². The minimum Gasteiger partial charge on any atom is -0.463 e. The molecule has 0 saturated heterocycles. The van der Waals surface area contributed by atoms with Crippen molar-refractivity contribution >= 4 is 5.97 Å². The first-order valence-corrected chi connectivity index (χ1v) is 6.01. The van der Waals surface area contributed by atoms with E-state index < -0.39 is 5.97 Å². The summed E-state index contributed by atoms with van der Waals surface area (Å²) in [5, 5.41) is 3.30. The van der Waals surface area contributed by atoms with Crippen LogP contribution in [-0.2, 0) is 11.3 Å². The number of hydrogen-bond acceptors (Lipinski definition) is 5. The van der Waals surface area contributed by atoms with Crippen molar-refractivity contribution in [2.75, 3.05) is 7.11 Å². The first kappa shape index (κ1) is 13.3. The number of hydrogen-bond donors (Lipinski definition) is 1. The maximum absolute atomic E-state index is 11.2. The highest BCUT2D eigenvalue weighted by Gasteiger charge is 2.11. The van der Waals surface area contributed by atoms with Crippen molar-refractivity contribution in [1.29, 1.82) is 0 Å². The van der Waals surface area contributed by atoms with Gasteiger partial charge in [-0.1, -0.05) is 6.07 Å². The smallest absolute Gasteiger partial charge is 0.373 e. The Balaban J connectivity index is 1.92. The maximum atomic E-state index is 11.2. The number of aromatic nitrogens is 1. The molecule has 0 saturated carbocycles. The zero-order chi connectivity index (χ0) is 13.7. The number of carbonyl (C=O) groups is 1. The number of nitrogens with one attached hydrogen (secondary N) is 1. The number of pyridine rings is 1. The Morgan fingerprint density at radius 3 is 3.00 bits per heavy atom. The molecule has 2 rings (SSSR count). The third kappa shape index (κ3) is 3.42. The van der Waals surface area contributed by atoms with E-state index in [1.165, 1.54) is 7.11 Å². The molecule has 0 radical (unpaired) electrons. The minimum atomic E-state index is -0.466. The van der Waals surface area contributed by atoms with E-state index in [1.54, 1.807) is 18.3 Å². The third-order valence-corrected chi connectivity index (χ3v) is 2.82. The topological polar surface area (TPSA) is 64.4 Å². The van der Waals surface area contributed by atoms with Gasteiger partial charge in [0.15, 0.2) is 0 Å². The predicted octanol–water partition coefficient (Wildman–Crippen LogP) is 2.31. The van der Waals surface area contributed by atoms with E-state index in [0.717, 1.165) is 5.56 Å². The van der Waals surface area contributed by atoms with Gasteiger partial charge in [0.1, 0.15) is 5.76 Å². The molecule has 2 heterocycles. The molecular formula is C14H16N2O3. The van der Waals surface area contributed by atoms with Crippen LogP contribution in [0.5, 0.6) is 0 Å². The molecule has 5 heteroatoms. The Hall–Kier alpha value is -2.14. The van der Waals surface area contributed by atoms with Crippen LogP contribution in [0.3, 0.4) is 0 Å². The average Bonchev–Trinajstić information content (AvgIpc) is 2.93. The van der Waals surface area contributed by atoms with E-state index >= 15 is 0 Å². The molecule has 2 aromatic heterocycles. The van der Waals surface area contributed by atoms with Crippen molar-refractivity contribution in [2.45, 2.75) is 19.5 Å². The molecule has 0 aliphatic carbocycles. The summed E-state index contributed by atoms with van der Waals surface area (Å²) in [5.41, 5.74) is 1.10. The van der Waals surface area contributed by atoms with Gasteiger partial charge in [-0.2, -0.15) is 0 Å². The van der Waals surface area contributed by atoms with Crippen LogP contribution in [0.4, 0.5) is 0 Å². The normalized spacial score (nSPS) is 12.1. The second kappa shape index (κ2) is 6.15. The van der Waals surface area contributed by atoms with E-state index in [2.05, 4.69) is 15.0 Å². The Labute approximate surface area is 111 Å². The van der Waals surface area contributed by atoms with Crippen LogP contribution in [0.25, 0.3) is 0 Å². The zero-order valence-electron chi connectivity index (χ0n) is 10.9. The lowest BCUT2D eigenvalue weighted by Gasteiger charge is -2.12. The summed E-state index contributed by atoms with van der Waals surface area (Å²) in [4.78, 5) is 15.3. The summed E-state index contributed by atoms with van der Waals surface area (Å²) in [7, 11) is 1.33. The monoisotopic (exact) mass is 260 g/mol. The molecule has 0 bridgehead atoms. The molecule has 0 aromatic carbocycles. The third-order valence-electron chi connectivity index (χ3n) is 2.82. The molecule has 0 aliphatic heterocycles. The fourth-order valence-corrected chi connectivity index (χ4v) is 1.69. The summed E-state index contributed by atoms with van der Waals surface area (Å²) in [6.45, 7) is 2.58. The van der Waals surface area contributed by atoms with Crippen LogP contribution in [0.15, 0.2) is 41.1 Å². The SMILES string of the molecule is COC(=O)c1ccc(CN[C@H](C)c2cccnc2)o1. The minimum absolute atomic E-state index is 0.153. The van der Waals surface area contributed by atoms with Gasteiger partial charge >= 0.3 is 5.97 Å². The standard InChI is InChI=1S/C14H16N2O3/c1-10(11-4-3-7-15-8-11)16-9-12-5-6-13(19-12)14(17)18-2/h3-8,10,16H,9H2,1-2H3/t10-/m1/s1.